The summed E-state index contributed by atoms with van der Waals surface area (Å²) in [5.74, 6) is 4.69. The molecule has 0 aliphatic carbocycles. The molecule has 0 N–H and O–H groups in total. The Labute approximate surface area is 133 Å². The van der Waals surface area contributed by atoms with Gasteiger partial charge in [-0.3, -0.25) is 9.97 Å². The molecule has 0 saturated heterocycles. The summed E-state index contributed by atoms with van der Waals surface area (Å²) in [6, 6.07) is 14.9. The van der Waals surface area contributed by atoms with E-state index in [0.717, 1.165) is 16.6 Å². The van der Waals surface area contributed by atoms with Gasteiger partial charge in [-0.15, -0.1) is 0 Å². The minimum atomic E-state index is -0.963. The molecular weight excluding hydrogens is 285 g/mol. The van der Waals surface area contributed by atoms with Crippen LogP contribution in [-0.2, 0) is 0 Å². The molecule has 0 unspecified atom stereocenters. The van der Waals surface area contributed by atoms with Gasteiger partial charge in [-0.25, -0.2) is 0 Å². The quantitative estimate of drug-likeness (QED) is 0.515. The van der Waals surface area contributed by atoms with Gasteiger partial charge < -0.3 is 3.55 Å². The Kier molecular flexibility index (Phi) is 3.22. The highest BCUT2D eigenvalue weighted by Crippen LogP contribution is 2.33. The van der Waals surface area contributed by atoms with E-state index < -0.39 is 14.4 Å². The highest BCUT2D eigenvalue weighted by Gasteiger charge is 2.15. The lowest BCUT2D eigenvalue weighted by Crippen LogP contribution is -2.14. The van der Waals surface area contributed by atoms with Crippen LogP contribution in [0.1, 0.15) is 0 Å². The molecule has 22 heavy (non-hydrogen) atoms. The van der Waals surface area contributed by atoms with E-state index in [1.165, 1.54) is 16.5 Å². The molecule has 0 aliphatic heterocycles. The van der Waals surface area contributed by atoms with Gasteiger partial charge in [0.1, 0.15) is 0 Å². The molecule has 0 fully saturated rings. The van der Waals surface area contributed by atoms with Crippen LogP contribution < -0.4 is 0 Å². The molecule has 0 aliphatic rings. The van der Waals surface area contributed by atoms with E-state index >= 15 is 0 Å². The smallest absolute Gasteiger partial charge is 0.412 e. The summed E-state index contributed by atoms with van der Waals surface area (Å²) in [7, 11) is 0. The lowest BCUT2D eigenvalue weighted by molar-refractivity contribution is 1.25. The zero-order valence-electron chi connectivity index (χ0n) is 12.7. The van der Waals surface area contributed by atoms with Crippen LogP contribution in [0.3, 0.4) is 0 Å². The zero-order chi connectivity index (χ0) is 15.1. The standard InChI is InChI=1S/C16H10N3.2CH3.Al/c1-3-11-7-8-18-15(11)12(4-1)13-5-2-6-14-16(13)19-10-9-17-14;;;/h1-10H;2*1H3;/q-1;;;+1. The van der Waals surface area contributed by atoms with Crippen LogP contribution in [0.15, 0.2) is 61.1 Å². The Morgan fingerprint density at radius 2 is 1.64 bits per heavy atom. The number of aromatic nitrogens is 3. The van der Waals surface area contributed by atoms with Crippen LogP contribution >= 0.6 is 0 Å². The first-order valence-electron chi connectivity index (χ1n) is 7.55. The maximum atomic E-state index is 4.56. The first-order valence-corrected chi connectivity index (χ1v) is 10.4. The van der Waals surface area contributed by atoms with E-state index in [2.05, 4.69) is 67.7 Å². The molecule has 0 spiro atoms. The second kappa shape index (κ2) is 5.24. The number of hydrogen-bond acceptors (Lipinski definition) is 2. The van der Waals surface area contributed by atoms with E-state index in [1.54, 1.807) is 12.4 Å². The minimum Gasteiger partial charge on any atom is -0.439 e. The summed E-state index contributed by atoms with van der Waals surface area (Å²) in [5, 5.41) is 1.29. The van der Waals surface area contributed by atoms with Crippen molar-refractivity contribution in [1.29, 1.82) is 0 Å². The molecule has 0 radical (unpaired) electrons. The van der Waals surface area contributed by atoms with E-state index in [-0.39, 0.29) is 0 Å². The van der Waals surface area contributed by atoms with Gasteiger partial charge in [0.25, 0.3) is 0 Å². The van der Waals surface area contributed by atoms with Crippen LogP contribution in [0.5, 0.6) is 0 Å². The molecule has 0 saturated carbocycles. The molecule has 0 bridgehead atoms. The minimum absolute atomic E-state index is 0.942. The van der Waals surface area contributed by atoms with Crippen molar-refractivity contribution < 1.29 is 0 Å². The van der Waals surface area contributed by atoms with Gasteiger partial charge in [0.15, 0.2) is 0 Å². The van der Waals surface area contributed by atoms with E-state index in [1.807, 2.05) is 6.07 Å². The fraction of sp³-hybridized carbons (Fsp3) is 0.111. The van der Waals surface area contributed by atoms with E-state index in [9.17, 15) is 0 Å². The molecule has 0 atom stereocenters. The summed E-state index contributed by atoms with van der Waals surface area (Å²) in [6.45, 7) is 0. The number of fused-ring (bicyclic) bond motifs is 2. The second-order valence-electron chi connectivity index (χ2n) is 5.79. The van der Waals surface area contributed by atoms with Gasteiger partial charge in [0, 0.05) is 29.0 Å². The molecule has 4 heteroatoms. The Balaban J connectivity index is 2.11. The summed E-state index contributed by atoms with van der Waals surface area (Å²) in [6.07, 6.45) is 5.74. The normalized spacial score (nSPS) is 11.2. The molecule has 2 aromatic heterocycles. The van der Waals surface area contributed by atoms with Crippen LogP contribution in [0.25, 0.3) is 33.1 Å². The fourth-order valence-electron chi connectivity index (χ4n) is 3.08. The molecule has 2 heterocycles. The summed E-state index contributed by atoms with van der Waals surface area (Å²) in [5.41, 5.74) is 5.63. The van der Waals surface area contributed by atoms with Crippen molar-refractivity contribution in [3.05, 3.63) is 61.1 Å². The van der Waals surface area contributed by atoms with Crippen molar-refractivity contribution >= 4 is 36.3 Å². The Morgan fingerprint density at radius 3 is 2.50 bits per heavy atom. The monoisotopic (exact) mass is 301 g/mol. The Hall–Kier alpha value is -2.15. The average Bonchev–Trinajstić information content (AvgIpc) is 2.98. The van der Waals surface area contributed by atoms with Gasteiger partial charge in [0.2, 0.25) is 0 Å². The highest BCUT2D eigenvalue weighted by atomic mass is 27.2. The number of rotatable bonds is 2. The van der Waals surface area contributed by atoms with Crippen molar-refractivity contribution in [2.24, 2.45) is 0 Å². The lowest BCUT2D eigenvalue weighted by atomic mass is 10.0. The molecule has 3 nitrogen and oxygen atoms in total. The van der Waals surface area contributed by atoms with Gasteiger partial charge in [0.05, 0.1) is 11.0 Å². The van der Waals surface area contributed by atoms with Crippen LogP contribution in [-0.4, -0.2) is 27.9 Å². The first-order chi connectivity index (χ1) is 10.8. The fourth-order valence-corrected chi connectivity index (χ4v) is 4.31. The van der Waals surface area contributed by atoms with Gasteiger partial charge in [-0.05, 0) is 23.7 Å². The molecular formula is C18H16AlN3. The largest absolute Gasteiger partial charge is 0.439 e. The molecule has 4 rings (SSSR count). The Morgan fingerprint density at radius 1 is 0.864 bits per heavy atom. The van der Waals surface area contributed by atoms with Crippen LogP contribution in [0.2, 0.25) is 11.6 Å². The van der Waals surface area contributed by atoms with E-state index in [4.69, 9.17) is 0 Å². The maximum Gasteiger partial charge on any atom is 0.412 e. The molecule has 4 aromatic rings. The third kappa shape index (κ3) is 2.04. The van der Waals surface area contributed by atoms with Gasteiger partial charge in [-0.2, -0.15) is 0 Å². The third-order valence-corrected chi connectivity index (χ3v) is 5.63. The maximum absolute atomic E-state index is 4.56. The first kappa shape index (κ1) is 13.5. The van der Waals surface area contributed by atoms with Crippen LogP contribution in [0.4, 0.5) is 0 Å². The summed E-state index contributed by atoms with van der Waals surface area (Å²) >= 11 is -0.963. The molecule has 106 valence electrons. The predicted molar refractivity (Wildman–Crippen MR) is 93.4 cm³/mol. The highest BCUT2D eigenvalue weighted by molar-refractivity contribution is 6.55. The number of para-hydroxylation sites is 2. The predicted octanol–water partition coefficient (Wildman–Crippen LogP) is 4.35. The van der Waals surface area contributed by atoms with Crippen LogP contribution in [0, 0.1) is 0 Å². The van der Waals surface area contributed by atoms with Crippen molar-refractivity contribution in [2.45, 2.75) is 11.6 Å². The molecule has 2 aromatic carbocycles. The second-order valence-corrected chi connectivity index (χ2v) is 8.53. The zero-order valence-corrected chi connectivity index (χ0v) is 13.8. The third-order valence-electron chi connectivity index (χ3n) is 4.09. The Bertz CT molecular complexity index is 967. The average molecular weight is 301 g/mol. The van der Waals surface area contributed by atoms with Crippen molar-refractivity contribution in [3.8, 4) is 11.1 Å². The van der Waals surface area contributed by atoms with Crippen molar-refractivity contribution in [2.75, 3.05) is 0 Å². The van der Waals surface area contributed by atoms with Crippen molar-refractivity contribution in [1.82, 2.24) is 13.5 Å². The van der Waals surface area contributed by atoms with Gasteiger partial charge >= 0.3 is 14.4 Å². The lowest BCUT2D eigenvalue weighted by Gasteiger charge is -2.12. The SMILES string of the molecule is [CH3][Al]([CH3])[n]1ccc2cccc(-c3cccc4nccnc34)c21. The topological polar surface area (TPSA) is 30.7 Å². The van der Waals surface area contributed by atoms with Gasteiger partial charge in [-0.1, -0.05) is 41.9 Å². The number of benzene rings is 2. The number of hydrogen-bond donors (Lipinski definition) is 0. The van der Waals surface area contributed by atoms with Crippen molar-refractivity contribution in [3.63, 3.8) is 0 Å². The summed E-state index contributed by atoms with van der Waals surface area (Å²) < 4.78 is 2.46. The number of nitrogens with zero attached hydrogens (tertiary/aromatic N) is 3. The van der Waals surface area contributed by atoms with E-state index in [0.29, 0.717) is 0 Å². The molecule has 0 amide bonds. The summed E-state index contributed by atoms with van der Waals surface area (Å²) in [4.78, 5) is 8.99.